The van der Waals surface area contributed by atoms with Gasteiger partial charge in [-0.15, -0.1) is 0 Å². The minimum atomic E-state index is -4.06. The minimum absolute atomic E-state index is 0.0576. The van der Waals surface area contributed by atoms with Crippen LogP contribution in [0.5, 0.6) is 11.5 Å². The zero-order valence-corrected chi connectivity index (χ0v) is 25.3. The van der Waals surface area contributed by atoms with Crippen molar-refractivity contribution in [2.24, 2.45) is 5.10 Å². The Balaban J connectivity index is 1.31. The minimum Gasteiger partial charge on any atom is -0.497 e. The van der Waals surface area contributed by atoms with Gasteiger partial charge in [0.05, 0.1) is 23.9 Å². The summed E-state index contributed by atoms with van der Waals surface area (Å²) >= 11 is 0. The first kappa shape index (κ1) is 31.8. The highest BCUT2D eigenvalue weighted by Gasteiger charge is 2.27. The van der Waals surface area contributed by atoms with Crippen LogP contribution in [0.2, 0.25) is 0 Å². The first-order chi connectivity index (χ1) is 21.2. The molecule has 11 heteroatoms. The number of amides is 2. The van der Waals surface area contributed by atoms with Crippen molar-refractivity contribution in [2.75, 3.05) is 31.1 Å². The summed E-state index contributed by atoms with van der Waals surface area (Å²) in [4.78, 5) is 25.0. The molecule has 4 aromatic rings. The summed E-state index contributed by atoms with van der Waals surface area (Å²) in [6.07, 6.45) is 2.16. The summed E-state index contributed by atoms with van der Waals surface area (Å²) in [5.74, 6) is 0.197. The van der Waals surface area contributed by atoms with Gasteiger partial charge in [-0.3, -0.25) is 13.9 Å². The van der Waals surface area contributed by atoms with Gasteiger partial charge in [0.25, 0.3) is 21.8 Å². The van der Waals surface area contributed by atoms with Crippen molar-refractivity contribution in [1.82, 2.24) is 10.7 Å². The fourth-order valence-corrected chi connectivity index (χ4v) is 5.51. The van der Waals surface area contributed by atoms with Crippen LogP contribution in [0.4, 0.5) is 5.69 Å². The molecule has 2 N–H and O–H groups in total. The third-order valence-electron chi connectivity index (χ3n) is 6.49. The highest BCUT2D eigenvalue weighted by Crippen LogP contribution is 2.26. The second-order valence-corrected chi connectivity index (χ2v) is 11.6. The van der Waals surface area contributed by atoms with Crippen molar-refractivity contribution in [3.05, 3.63) is 120 Å². The van der Waals surface area contributed by atoms with E-state index < -0.39 is 22.5 Å². The van der Waals surface area contributed by atoms with Crippen molar-refractivity contribution < 1.29 is 27.5 Å². The van der Waals surface area contributed by atoms with Crippen molar-refractivity contribution >= 4 is 33.7 Å². The molecule has 0 aromatic heterocycles. The van der Waals surface area contributed by atoms with E-state index in [2.05, 4.69) is 15.8 Å². The molecule has 0 bridgehead atoms. The molecule has 228 valence electrons. The number of rotatable bonds is 14. The summed E-state index contributed by atoms with van der Waals surface area (Å²) in [5, 5.41) is 6.80. The summed E-state index contributed by atoms with van der Waals surface area (Å²) in [6, 6.07) is 29.4. The van der Waals surface area contributed by atoms with Crippen LogP contribution in [-0.4, -0.2) is 53.3 Å². The summed E-state index contributed by atoms with van der Waals surface area (Å²) in [5.41, 5.74) is 5.39. The number of hydrazone groups is 1. The largest absolute Gasteiger partial charge is 0.497 e. The van der Waals surface area contributed by atoms with Gasteiger partial charge in [0.15, 0.2) is 6.61 Å². The van der Waals surface area contributed by atoms with Crippen LogP contribution in [0, 0.1) is 6.92 Å². The van der Waals surface area contributed by atoms with Crippen LogP contribution in [-0.2, 0) is 26.0 Å². The number of hydrogen-bond acceptors (Lipinski definition) is 7. The molecule has 0 aliphatic heterocycles. The number of aryl methyl sites for hydroxylation is 1. The number of hydrogen-bond donors (Lipinski definition) is 2. The maximum Gasteiger partial charge on any atom is 0.264 e. The lowest BCUT2D eigenvalue weighted by atomic mass is 10.1. The van der Waals surface area contributed by atoms with E-state index in [1.54, 1.807) is 60.7 Å². The van der Waals surface area contributed by atoms with Gasteiger partial charge in [-0.1, -0.05) is 48.0 Å². The van der Waals surface area contributed by atoms with Crippen molar-refractivity contribution in [2.45, 2.75) is 18.2 Å². The lowest BCUT2D eigenvalue weighted by Gasteiger charge is -2.24. The monoisotopic (exact) mass is 614 g/mol. The lowest BCUT2D eigenvalue weighted by Crippen LogP contribution is -2.39. The third kappa shape index (κ3) is 9.17. The first-order valence-corrected chi connectivity index (χ1v) is 15.3. The Morgan fingerprint density at radius 1 is 0.841 bits per heavy atom. The van der Waals surface area contributed by atoms with E-state index in [4.69, 9.17) is 9.47 Å². The number of carbonyl (C=O) groups is 2. The Hall–Kier alpha value is -5.16. The molecule has 10 nitrogen and oxygen atoms in total. The van der Waals surface area contributed by atoms with Gasteiger partial charge in [0.2, 0.25) is 0 Å². The molecule has 0 aliphatic rings. The molecule has 0 radical (unpaired) electrons. The first-order valence-electron chi connectivity index (χ1n) is 13.8. The highest BCUT2D eigenvalue weighted by atomic mass is 32.2. The normalized spacial score (nSPS) is 11.1. The van der Waals surface area contributed by atoms with Gasteiger partial charge in [0.1, 0.15) is 18.0 Å². The fourth-order valence-electron chi connectivity index (χ4n) is 4.09. The molecule has 0 fully saturated rings. The van der Waals surface area contributed by atoms with E-state index in [0.717, 1.165) is 21.9 Å². The lowest BCUT2D eigenvalue weighted by molar-refractivity contribution is -0.123. The standard InChI is InChI=1S/C33H34N4O6S/c1-25-8-18-31(19-9-25)44(40,41)37(28-12-16-29(42-2)17-13-28)23-32(38)36-35-22-27-10-14-30(15-11-27)43-24-33(39)34-21-20-26-6-4-3-5-7-26/h3-19,22H,20-21,23-24H2,1-2H3,(H,34,39)(H,36,38)/b35-22-. The van der Waals surface area contributed by atoms with Crippen LogP contribution in [0.3, 0.4) is 0 Å². The molecule has 2 amide bonds. The molecule has 0 aliphatic carbocycles. The van der Waals surface area contributed by atoms with E-state index >= 15 is 0 Å². The van der Waals surface area contributed by atoms with Crippen molar-refractivity contribution in [3.63, 3.8) is 0 Å². The van der Waals surface area contributed by atoms with Gasteiger partial charge in [0, 0.05) is 6.54 Å². The number of carbonyl (C=O) groups excluding carboxylic acids is 2. The molecule has 0 unspecified atom stereocenters. The quantitative estimate of drug-likeness (QED) is 0.163. The zero-order valence-electron chi connectivity index (χ0n) is 24.5. The Kier molecular flexibility index (Phi) is 11.1. The van der Waals surface area contributed by atoms with Crippen LogP contribution >= 0.6 is 0 Å². The Morgan fingerprint density at radius 3 is 2.16 bits per heavy atom. The number of nitrogens with one attached hydrogen (secondary N) is 2. The molecule has 0 saturated heterocycles. The Morgan fingerprint density at radius 2 is 1.50 bits per heavy atom. The Labute approximate surface area is 257 Å². The summed E-state index contributed by atoms with van der Waals surface area (Å²) < 4.78 is 38.8. The molecule has 4 rings (SSSR count). The predicted molar refractivity (Wildman–Crippen MR) is 170 cm³/mol. The number of anilines is 1. The second kappa shape index (κ2) is 15.4. The zero-order chi connectivity index (χ0) is 31.4. The van der Waals surface area contributed by atoms with E-state index in [0.29, 0.717) is 29.3 Å². The van der Waals surface area contributed by atoms with Crippen molar-refractivity contribution in [3.8, 4) is 11.5 Å². The van der Waals surface area contributed by atoms with Gasteiger partial charge < -0.3 is 14.8 Å². The average molecular weight is 615 g/mol. The molecule has 0 saturated carbocycles. The molecule has 0 heterocycles. The van der Waals surface area contributed by atoms with Gasteiger partial charge in [-0.2, -0.15) is 5.10 Å². The molecule has 44 heavy (non-hydrogen) atoms. The molecule has 0 atom stereocenters. The smallest absolute Gasteiger partial charge is 0.264 e. The van der Waals surface area contributed by atoms with Crippen LogP contribution < -0.4 is 24.5 Å². The molecular formula is C33H34N4O6S. The highest BCUT2D eigenvalue weighted by molar-refractivity contribution is 7.92. The number of nitrogens with zero attached hydrogens (tertiary/aromatic N) is 2. The van der Waals surface area contributed by atoms with E-state index in [-0.39, 0.29) is 17.4 Å². The molecule has 0 spiro atoms. The van der Waals surface area contributed by atoms with E-state index in [1.807, 2.05) is 37.3 Å². The van der Waals surface area contributed by atoms with Crippen LogP contribution in [0.15, 0.2) is 113 Å². The fraction of sp³-hybridized carbons (Fsp3) is 0.182. The SMILES string of the molecule is COc1ccc(N(CC(=O)N/N=C\c2ccc(OCC(=O)NCCc3ccccc3)cc2)S(=O)(=O)c2ccc(C)cc2)cc1. The van der Waals surface area contributed by atoms with Crippen molar-refractivity contribution in [1.29, 1.82) is 0 Å². The maximum atomic E-state index is 13.5. The number of benzene rings is 4. The van der Waals surface area contributed by atoms with Crippen LogP contribution in [0.25, 0.3) is 0 Å². The van der Waals surface area contributed by atoms with E-state index in [9.17, 15) is 18.0 Å². The Bertz CT molecular complexity index is 1660. The van der Waals surface area contributed by atoms with Crippen LogP contribution in [0.1, 0.15) is 16.7 Å². The molecule has 4 aromatic carbocycles. The van der Waals surface area contributed by atoms with Gasteiger partial charge in [-0.05, 0) is 85.1 Å². The third-order valence-corrected chi connectivity index (χ3v) is 8.28. The topological polar surface area (TPSA) is 126 Å². The number of ether oxygens (including phenoxy) is 2. The summed E-state index contributed by atoms with van der Waals surface area (Å²) in [6.45, 7) is 1.76. The average Bonchev–Trinajstić information content (AvgIpc) is 3.04. The molecular weight excluding hydrogens is 580 g/mol. The summed E-state index contributed by atoms with van der Waals surface area (Å²) in [7, 11) is -2.55. The second-order valence-electron chi connectivity index (χ2n) is 9.76. The number of methoxy groups -OCH3 is 1. The number of sulfonamides is 1. The maximum absolute atomic E-state index is 13.5. The van der Waals surface area contributed by atoms with Gasteiger partial charge in [-0.25, -0.2) is 13.8 Å². The van der Waals surface area contributed by atoms with Gasteiger partial charge >= 0.3 is 0 Å². The van der Waals surface area contributed by atoms with E-state index in [1.165, 1.54) is 25.5 Å². The predicted octanol–water partition coefficient (Wildman–Crippen LogP) is 4.09.